The zero-order chi connectivity index (χ0) is 34.0. The number of unbranched alkanes of at least 4 members (excludes halogenated alkanes) is 15. The fourth-order valence-electron chi connectivity index (χ4n) is 4.70. The van der Waals surface area contributed by atoms with E-state index in [-0.39, 0.29) is 32.0 Å². The van der Waals surface area contributed by atoms with Crippen LogP contribution in [0.15, 0.2) is 36.5 Å². The van der Waals surface area contributed by atoms with Gasteiger partial charge in [-0.15, -0.1) is 0 Å². The van der Waals surface area contributed by atoms with Crippen molar-refractivity contribution in [2.24, 2.45) is 0 Å². The average Bonchev–Trinajstić information content (AvgIpc) is 3.03. The van der Waals surface area contributed by atoms with Gasteiger partial charge in [0.1, 0.15) is 6.61 Å². The summed E-state index contributed by atoms with van der Waals surface area (Å²) in [4.78, 5) is 34.5. The molecule has 0 amide bonds. The summed E-state index contributed by atoms with van der Waals surface area (Å²) in [6.45, 7) is 5.36. The van der Waals surface area contributed by atoms with Gasteiger partial charge in [0.05, 0.1) is 13.2 Å². The monoisotopic (exact) mass is 670 g/mol. The van der Waals surface area contributed by atoms with Crippen molar-refractivity contribution in [3.8, 4) is 0 Å². The predicted octanol–water partition coefficient (Wildman–Crippen LogP) is 10.9. The zero-order valence-electron chi connectivity index (χ0n) is 29.5. The smallest absolute Gasteiger partial charge is 0.462 e. The maximum absolute atomic E-state index is 12.5. The van der Waals surface area contributed by atoms with Crippen molar-refractivity contribution in [3.05, 3.63) is 36.5 Å². The van der Waals surface area contributed by atoms with Gasteiger partial charge in [-0.25, -0.2) is 4.57 Å². The SMILES string of the molecule is CCCC/C=C\C/C=C\CCCCCCCC(=O)OC(COC(=O)CCCCCCC/C=C\CCCCC)COP(=O)(O)OCC. The number of ether oxygens (including phenoxy) is 2. The fourth-order valence-corrected chi connectivity index (χ4v) is 5.45. The molecular formula is C37H67O8P. The Morgan fingerprint density at radius 1 is 0.587 bits per heavy atom. The van der Waals surface area contributed by atoms with Gasteiger partial charge in [0.2, 0.25) is 0 Å². The van der Waals surface area contributed by atoms with Crippen LogP contribution in [0.1, 0.15) is 162 Å². The molecule has 0 bridgehead atoms. The molecule has 2 unspecified atom stereocenters. The Morgan fingerprint density at radius 2 is 1.07 bits per heavy atom. The van der Waals surface area contributed by atoms with Crippen LogP contribution in [0.3, 0.4) is 0 Å². The summed E-state index contributed by atoms with van der Waals surface area (Å²) in [6.07, 6.45) is 34.8. The van der Waals surface area contributed by atoms with Gasteiger partial charge in [0, 0.05) is 12.8 Å². The third-order valence-electron chi connectivity index (χ3n) is 7.42. The van der Waals surface area contributed by atoms with E-state index in [2.05, 4.69) is 50.3 Å². The molecular weight excluding hydrogens is 603 g/mol. The Labute approximate surface area is 281 Å². The van der Waals surface area contributed by atoms with Gasteiger partial charge in [-0.3, -0.25) is 18.6 Å². The highest BCUT2D eigenvalue weighted by Gasteiger charge is 2.25. The summed E-state index contributed by atoms with van der Waals surface area (Å²) in [5.41, 5.74) is 0. The lowest BCUT2D eigenvalue weighted by molar-refractivity contribution is -0.161. The summed E-state index contributed by atoms with van der Waals surface area (Å²) in [7, 11) is -4.28. The lowest BCUT2D eigenvalue weighted by atomic mass is 10.1. The number of rotatable bonds is 33. The highest BCUT2D eigenvalue weighted by atomic mass is 31.2. The van der Waals surface area contributed by atoms with E-state index in [1.165, 1.54) is 38.5 Å². The first-order valence-corrected chi connectivity index (χ1v) is 19.8. The van der Waals surface area contributed by atoms with E-state index in [0.29, 0.717) is 6.42 Å². The number of carbonyl (C=O) groups excluding carboxylic acids is 2. The van der Waals surface area contributed by atoms with Gasteiger partial charge in [-0.05, 0) is 71.1 Å². The maximum atomic E-state index is 12.5. The molecule has 8 nitrogen and oxygen atoms in total. The molecule has 0 aliphatic carbocycles. The van der Waals surface area contributed by atoms with Gasteiger partial charge >= 0.3 is 19.8 Å². The van der Waals surface area contributed by atoms with E-state index in [1.54, 1.807) is 6.92 Å². The van der Waals surface area contributed by atoms with Crippen LogP contribution >= 0.6 is 7.82 Å². The van der Waals surface area contributed by atoms with Gasteiger partial charge in [0.25, 0.3) is 0 Å². The Balaban J connectivity index is 4.22. The number of carbonyl (C=O) groups is 2. The van der Waals surface area contributed by atoms with Gasteiger partial charge in [-0.2, -0.15) is 0 Å². The van der Waals surface area contributed by atoms with Crippen LogP contribution in [-0.4, -0.2) is 42.8 Å². The number of allylic oxidation sites excluding steroid dienone is 6. The molecule has 0 aliphatic heterocycles. The van der Waals surface area contributed by atoms with Crippen molar-refractivity contribution in [2.75, 3.05) is 19.8 Å². The minimum atomic E-state index is -4.28. The zero-order valence-corrected chi connectivity index (χ0v) is 30.4. The lowest BCUT2D eigenvalue weighted by Gasteiger charge is -2.19. The first kappa shape index (κ1) is 44.3. The second kappa shape index (κ2) is 33.2. The number of phosphoric ester groups is 1. The molecule has 2 atom stereocenters. The van der Waals surface area contributed by atoms with Gasteiger partial charge < -0.3 is 14.4 Å². The fraction of sp³-hybridized carbons (Fsp3) is 0.784. The van der Waals surface area contributed by atoms with Crippen molar-refractivity contribution < 1.29 is 37.6 Å². The topological polar surface area (TPSA) is 108 Å². The summed E-state index contributed by atoms with van der Waals surface area (Å²) >= 11 is 0. The number of phosphoric acid groups is 1. The molecule has 46 heavy (non-hydrogen) atoms. The molecule has 0 saturated carbocycles. The van der Waals surface area contributed by atoms with Gasteiger partial charge in [0.15, 0.2) is 6.10 Å². The van der Waals surface area contributed by atoms with Crippen LogP contribution in [-0.2, 0) is 32.7 Å². The molecule has 0 heterocycles. The van der Waals surface area contributed by atoms with Crippen LogP contribution in [0.2, 0.25) is 0 Å². The van der Waals surface area contributed by atoms with E-state index in [0.717, 1.165) is 83.5 Å². The molecule has 268 valence electrons. The highest BCUT2D eigenvalue weighted by Crippen LogP contribution is 2.43. The van der Waals surface area contributed by atoms with Crippen molar-refractivity contribution in [2.45, 2.75) is 168 Å². The third-order valence-corrected chi connectivity index (χ3v) is 8.48. The Hall–Kier alpha value is -1.73. The van der Waals surface area contributed by atoms with Crippen LogP contribution in [0.5, 0.6) is 0 Å². The van der Waals surface area contributed by atoms with E-state index < -0.39 is 26.5 Å². The molecule has 9 heteroatoms. The first-order chi connectivity index (χ1) is 22.3. The van der Waals surface area contributed by atoms with Crippen molar-refractivity contribution in [1.82, 2.24) is 0 Å². The molecule has 0 spiro atoms. The Kier molecular flexibility index (Phi) is 31.9. The average molecular weight is 671 g/mol. The quantitative estimate of drug-likeness (QED) is 0.0318. The largest absolute Gasteiger partial charge is 0.472 e. The molecule has 0 fully saturated rings. The van der Waals surface area contributed by atoms with Crippen LogP contribution in [0.4, 0.5) is 0 Å². The van der Waals surface area contributed by atoms with Crippen LogP contribution in [0, 0.1) is 0 Å². The highest BCUT2D eigenvalue weighted by molar-refractivity contribution is 7.47. The van der Waals surface area contributed by atoms with Crippen LogP contribution in [0.25, 0.3) is 0 Å². The molecule has 0 radical (unpaired) electrons. The number of hydrogen-bond acceptors (Lipinski definition) is 7. The van der Waals surface area contributed by atoms with Crippen LogP contribution < -0.4 is 0 Å². The molecule has 0 aliphatic rings. The van der Waals surface area contributed by atoms with Gasteiger partial charge in [-0.1, -0.05) is 115 Å². The standard InChI is InChI=1S/C37H67O8P/c1-4-7-9-11-13-15-17-19-20-22-24-26-28-30-32-37(39)45-35(34-44-46(40,41)43-6-3)33-42-36(38)31-29-27-25-23-21-18-16-14-12-10-8-5-2/h11,13-14,16-17,19,35H,4-10,12,15,18,20-34H2,1-3H3,(H,40,41)/b13-11-,16-14-,19-17-. The van der Waals surface area contributed by atoms with E-state index in [9.17, 15) is 19.0 Å². The minimum absolute atomic E-state index is 0.00424. The van der Waals surface area contributed by atoms with Crippen molar-refractivity contribution >= 4 is 19.8 Å². The molecule has 0 saturated heterocycles. The molecule has 0 aromatic heterocycles. The second-order valence-electron chi connectivity index (χ2n) is 11.9. The van der Waals surface area contributed by atoms with E-state index >= 15 is 0 Å². The molecule has 0 aromatic rings. The molecule has 0 rings (SSSR count). The van der Waals surface area contributed by atoms with Crippen molar-refractivity contribution in [1.29, 1.82) is 0 Å². The number of hydrogen-bond donors (Lipinski definition) is 1. The summed E-state index contributed by atoms with van der Waals surface area (Å²) in [6, 6.07) is 0. The lowest BCUT2D eigenvalue weighted by Crippen LogP contribution is -2.29. The van der Waals surface area contributed by atoms with Crippen molar-refractivity contribution in [3.63, 3.8) is 0 Å². The maximum Gasteiger partial charge on any atom is 0.472 e. The minimum Gasteiger partial charge on any atom is -0.462 e. The summed E-state index contributed by atoms with van der Waals surface area (Å²) in [5, 5.41) is 0. The Bertz CT molecular complexity index is 854. The normalized spacial score (nSPS) is 13.9. The second-order valence-corrected chi connectivity index (χ2v) is 13.3. The van der Waals surface area contributed by atoms with E-state index in [4.69, 9.17) is 18.5 Å². The molecule has 0 aromatic carbocycles. The predicted molar refractivity (Wildman–Crippen MR) is 189 cm³/mol. The first-order valence-electron chi connectivity index (χ1n) is 18.3. The summed E-state index contributed by atoms with van der Waals surface area (Å²) in [5.74, 6) is -0.828. The third kappa shape index (κ3) is 32.2. The summed E-state index contributed by atoms with van der Waals surface area (Å²) < 4.78 is 32.4. The van der Waals surface area contributed by atoms with E-state index in [1.807, 2.05) is 0 Å². The number of esters is 2. The molecule has 1 N–H and O–H groups in total. The Morgan fingerprint density at radius 3 is 1.63 bits per heavy atom.